The molecule has 5 nitrogen and oxygen atoms in total. The zero-order valence-corrected chi connectivity index (χ0v) is 14.1. The quantitative estimate of drug-likeness (QED) is 0.860. The van der Waals surface area contributed by atoms with Crippen LogP contribution in [0.5, 0.6) is 0 Å². The summed E-state index contributed by atoms with van der Waals surface area (Å²) in [4.78, 5) is 14.4. The van der Waals surface area contributed by atoms with Gasteiger partial charge in [-0.25, -0.2) is 0 Å². The van der Waals surface area contributed by atoms with Crippen LogP contribution >= 0.6 is 23.4 Å². The van der Waals surface area contributed by atoms with Crippen LogP contribution in [0.1, 0.15) is 19.2 Å². The van der Waals surface area contributed by atoms with Gasteiger partial charge in [0, 0.05) is 23.8 Å². The zero-order chi connectivity index (χ0) is 15.7. The molecule has 116 valence electrons. The first kappa shape index (κ1) is 15.4. The van der Waals surface area contributed by atoms with Gasteiger partial charge in [-0.2, -0.15) is 0 Å². The number of nitrogens with zero attached hydrogens (tertiary/aromatic N) is 4. The van der Waals surface area contributed by atoms with Gasteiger partial charge in [0.25, 0.3) is 0 Å². The minimum Gasteiger partial charge on any atom is -0.311 e. The topological polar surface area (TPSA) is 51.0 Å². The fourth-order valence-electron chi connectivity index (χ4n) is 2.58. The Kier molecular flexibility index (Phi) is 4.40. The summed E-state index contributed by atoms with van der Waals surface area (Å²) in [5, 5.41) is 9.66. The Morgan fingerprint density at radius 3 is 2.73 bits per heavy atom. The van der Waals surface area contributed by atoms with E-state index < -0.39 is 0 Å². The van der Waals surface area contributed by atoms with Gasteiger partial charge < -0.3 is 9.47 Å². The number of hydrogen-bond acceptors (Lipinski definition) is 4. The number of halogens is 1. The van der Waals surface area contributed by atoms with E-state index in [4.69, 9.17) is 11.6 Å². The van der Waals surface area contributed by atoms with Crippen LogP contribution in [0.4, 0.5) is 5.69 Å². The van der Waals surface area contributed by atoms with Crippen molar-refractivity contribution in [3.63, 3.8) is 0 Å². The molecular weight excluding hydrogens is 320 g/mol. The molecule has 1 fully saturated rings. The lowest BCUT2D eigenvalue weighted by Gasteiger charge is -2.16. The molecule has 1 amide bonds. The number of amides is 1. The lowest BCUT2D eigenvalue weighted by atomic mass is 10.3. The number of hydrogen-bond donors (Lipinski definition) is 0. The van der Waals surface area contributed by atoms with Crippen LogP contribution in [0.3, 0.4) is 0 Å². The predicted molar refractivity (Wildman–Crippen MR) is 88.5 cm³/mol. The third kappa shape index (κ3) is 2.85. The summed E-state index contributed by atoms with van der Waals surface area (Å²) in [6.07, 6.45) is 0.807. The molecule has 0 saturated carbocycles. The molecule has 0 N–H and O–H groups in total. The highest BCUT2D eigenvalue weighted by Crippen LogP contribution is 2.32. The van der Waals surface area contributed by atoms with E-state index in [1.54, 1.807) is 0 Å². The van der Waals surface area contributed by atoms with Gasteiger partial charge in [-0.15, -0.1) is 10.2 Å². The van der Waals surface area contributed by atoms with Gasteiger partial charge in [0.15, 0.2) is 5.16 Å². The lowest BCUT2D eigenvalue weighted by molar-refractivity contribution is -0.116. The molecule has 1 aromatic heterocycles. The van der Waals surface area contributed by atoms with Crippen molar-refractivity contribution in [1.29, 1.82) is 0 Å². The maximum Gasteiger partial charge on any atom is 0.240 e. The molecule has 3 rings (SSSR count). The molecule has 1 atom stereocenters. The zero-order valence-electron chi connectivity index (χ0n) is 12.5. The summed E-state index contributed by atoms with van der Waals surface area (Å²) in [7, 11) is 0. The SMILES string of the molecule is CCn1c(C)nnc1S[C@H]1CCN(c2ccc(Cl)cc2)C1=O. The third-order valence-corrected chi connectivity index (χ3v) is 5.25. The van der Waals surface area contributed by atoms with Gasteiger partial charge in [-0.1, -0.05) is 23.4 Å². The number of benzene rings is 1. The molecule has 0 unspecified atom stereocenters. The second kappa shape index (κ2) is 6.30. The standard InChI is InChI=1S/C15H17ClN4OS/c1-3-19-10(2)17-18-15(19)22-13-8-9-20(14(13)21)12-6-4-11(16)5-7-12/h4-7,13H,3,8-9H2,1-2H3/t13-/m0/s1. The van der Waals surface area contributed by atoms with E-state index in [9.17, 15) is 4.79 Å². The van der Waals surface area contributed by atoms with Crippen LogP contribution in [-0.4, -0.2) is 32.5 Å². The lowest BCUT2D eigenvalue weighted by Crippen LogP contribution is -2.28. The van der Waals surface area contributed by atoms with Gasteiger partial charge in [-0.3, -0.25) is 4.79 Å². The van der Waals surface area contributed by atoms with Gasteiger partial charge in [0.05, 0.1) is 5.25 Å². The van der Waals surface area contributed by atoms with Gasteiger partial charge in [-0.05, 0) is 44.5 Å². The van der Waals surface area contributed by atoms with Crippen molar-refractivity contribution in [2.45, 2.75) is 37.2 Å². The fraction of sp³-hybridized carbons (Fsp3) is 0.400. The Hall–Kier alpha value is -1.53. The number of carbonyl (C=O) groups excluding carboxylic acids is 1. The molecule has 22 heavy (non-hydrogen) atoms. The molecule has 0 bridgehead atoms. The van der Waals surface area contributed by atoms with Crippen LogP contribution in [0.15, 0.2) is 29.4 Å². The molecule has 1 aliphatic heterocycles. The van der Waals surface area contributed by atoms with E-state index in [2.05, 4.69) is 17.1 Å². The van der Waals surface area contributed by atoms with Crippen LogP contribution in [0, 0.1) is 6.92 Å². The normalized spacial score (nSPS) is 18.2. The average molecular weight is 337 g/mol. The van der Waals surface area contributed by atoms with Crippen molar-refractivity contribution < 1.29 is 4.79 Å². The first-order valence-corrected chi connectivity index (χ1v) is 8.49. The van der Waals surface area contributed by atoms with Gasteiger partial charge >= 0.3 is 0 Å². The summed E-state index contributed by atoms with van der Waals surface area (Å²) < 4.78 is 2.03. The minimum absolute atomic E-state index is 0.107. The number of aromatic nitrogens is 3. The molecule has 0 aliphatic carbocycles. The van der Waals surface area contributed by atoms with Gasteiger partial charge in [0.2, 0.25) is 5.91 Å². The smallest absolute Gasteiger partial charge is 0.240 e. The summed E-state index contributed by atoms with van der Waals surface area (Å²) in [6.45, 7) is 5.51. The third-order valence-electron chi connectivity index (χ3n) is 3.76. The van der Waals surface area contributed by atoms with Crippen molar-refractivity contribution in [1.82, 2.24) is 14.8 Å². The number of rotatable bonds is 4. The van der Waals surface area contributed by atoms with Crippen LogP contribution in [0.25, 0.3) is 0 Å². The van der Waals surface area contributed by atoms with Crippen molar-refractivity contribution in [3.05, 3.63) is 35.1 Å². The van der Waals surface area contributed by atoms with Crippen LogP contribution in [0.2, 0.25) is 5.02 Å². The van der Waals surface area contributed by atoms with Crippen LogP contribution < -0.4 is 4.90 Å². The molecule has 7 heteroatoms. The second-order valence-corrected chi connectivity index (χ2v) is 6.74. The highest BCUT2D eigenvalue weighted by atomic mass is 35.5. The fourth-order valence-corrected chi connectivity index (χ4v) is 3.89. The number of aryl methyl sites for hydroxylation is 1. The number of thioether (sulfide) groups is 1. The monoisotopic (exact) mass is 336 g/mol. The van der Waals surface area contributed by atoms with Crippen LogP contribution in [-0.2, 0) is 11.3 Å². The second-order valence-electron chi connectivity index (χ2n) is 5.14. The molecule has 1 saturated heterocycles. The molecule has 2 heterocycles. The Morgan fingerprint density at radius 2 is 2.05 bits per heavy atom. The van der Waals surface area contributed by atoms with E-state index in [1.807, 2.05) is 40.7 Å². The Bertz CT molecular complexity index is 685. The number of anilines is 1. The van der Waals surface area contributed by atoms with E-state index in [0.29, 0.717) is 5.02 Å². The number of carbonyl (C=O) groups is 1. The first-order valence-electron chi connectivity index (χ1n) is 7.23. The summed E-state index contributed by atoms with van der Waals surface area (Å²) in [6, 6.07) is 7.38. The highest BCUT2D eigenvalue weighted by Gasteiger charge is 2.34. The Balaban J connectivity index is 1.75. The first-order chi connectivity index (χ1) is 10.6. The minimum atomic E-state index is -0.107. The molecule has 1 aromatic carbocycles. The maximum atomic E-state index is 12.6. The van der Waals surface area contributed by atoms with Crippen molar-refractivity contribution in [2.75, 3.05) is 11.4 Å². The van der Waals surface area contributed by atoms with E-state index in [-0.39, 0.29) is 11.2 Å². The molecule has 1 aliphatic rings. The molecular formula is C15H17ClN4OS. The van der Waals surface area contributed by atoms with E-state index >= 15 is 0 Å². The van der Waals surface area contributed by atoms with Gasteiger partial charge in [0.1, 0.15) is 5.82 Å². The van der Waals surface area contributed by atoms with Crippen molar-refractivity contribution in [3.8, 4) is 0 Å². The van der Waals surface area contributed by atoms with E-state index in [0.717, 1.165) is 36.2 Å². The van der Waals surface area contributed by atoms with E-state index in [1.165, 1.54) is 11.8 Å². The highest BCUT2D eigenvalue weighted by molar-refractivity contribution is 8.00. The largest absolute Gasteiger partial charge is 0.311 e. The summed E-state index contributed by atoms with van der Waals surface area (Å²) in [5.74, 6) is 1.00. The molecule has 0 radical (unpaired) electrons. The Labute approximate surface area is 138 Å². The summed E-state index contributed by atoms with van der Waals surface area (Å²) in [5.41, 5.74) is 0.894. The molecule has 0 spiro atoms. The van der Waals surface area contributed by atoms with Crippen molar-refractivity contribution >= 4 is 35.0 Å². The predicted octanol–water partition coefficient (Wildman–Crippen LogP) is 3.16. The van der Waals surface area contributed by atoms with Crippen molar-refractivity contribution in [2.24, 2.45) is 0 Å². The Morgan fingerprint density at radius 1 is 1.32 bits per heavy atom. The summed E-state index contributed by atoms with van der Waals surface area (Å²) >= 11 is 7.41. The average Bonchev–Trinajstić information content (AvgIpc) is 3.04. The molecule has 2 aromatic rings. The maximum absolute atomic E-state index is 12.6.